The maximum Gasteiger partial charge on any atom is 0.305 e. The summed E-state index contributed by atoms with van der Waals surface area (Å²) in [6.45, 7) is 4.92. The SMILES string of the molecule is CCCC/C=C\CCCCCCCC(=O)OCCCCCCCCCCCCCCCCCC(=O)NC(CO)C(O)CCCCCCCCCCCCCCCCCCCCCCCC. The van der Waals surface area contributed by atoms with Gasteiger partial charge in [-0.25, -0.2) is 0 Å². The van der Waals surface area contributed by atoms with E-state index in [1.54, 1.807) is 0 Å². The number of esters is 1. The van der Waals surface area contributed by atoms with E-state index >= 15 is 0 Å². The van der Waals surface area contributed by atoms with E-state index < -0.39 is 12.1 Å². The van der Waals surface area contributed by atoms with Gasteiger partial charge in [0.1, 0.15) is 0 Å². The molecule has 65 heavy (non-hydrogen) atoms. The average Bonchev–Trinajstić information content (AvgIpc) is 3.31. The lowest BCUT2D eigenvalue weighted by Crippen LogP contribution is -2.45. The van der Waals surface area contributed by atoms with E-state index in [9.17, 15) is 19.8 Å². The van der Waals surface area contributed by atoms with E-state index in [0.717, 1.165) is 51.4 Å². The maximum absolute atomic E-state index is 12.5. The van der Waals surface area contributed by atoms with Crippen molar-refractivity contribution in [1.29, 1.82) is 0 Å². The Balaban J connectivity index is 3.43. The zero-order chi connectivity index (χ0) is 47.2. The highest BCUT2D eigenvalue weighted by Crippen LogP contribution is 2.18. The number of hydrogen-bond donors (Lipinski definition) is 3. The molecule has 386 valence electrons. The van der Waals surface area contributed by atoms with Crippen LogP contribution in [0.2, 0.25) is 0 Å². The quantitative estimate of drug-likeness (QED) is 0.0321. The maximum atomic E-state index is 12.5. The molecule has 0 heterocycles. The second-order valence-corrected chi connectivity index (χ2v) is 20.3. The van der Waals surface area contributed by atoms with Gasteiger partial charge in [-0.1, -0.05) is 283 Å². The molecule has 0 aliphatic rings. The molecule has 0 aromatic heterocycles. The number of carbonyl (C=O) groups is 2. The molecule has 3 N–H and O–H groups in total. The van der Waals surface area contributed by atoms with Gasteiger partial charge in [0.2, 0.25) is 5.91 Å². The monoisotopic (exact) mass is 918 g/mol. The fourth-order valence-electron chi connectivity index (χ4n) is 9.27. The highest BCUT2D eigenvalue weighted by Gasteiger charge is 2.20. The van der Waals surface area contributed by atoms with Crippen LogP contribution in [0.3, 0.4) is 0 Å². The van der Waals surface area contributed by atoms with Crippen molar-refractivity contribution in [2.45, 2.75) is 341 Å². The number of hydrogen-bond acceptors (Lipinski definition) is 5. The van der Waals surface area contributed by atoms with E-state index in [-0.39, 0.29) is 18.5 Å². The van der Waals surface area contributed by atoms with Crippen molar-refractivity contribution in [2.24, 2.45) is 0 Å². The molecule has 0 rings (SSSR count). The van der Waals surface area contributed by atoms with Gasteiger partial charge in [0.25, 0.3) is 0 Å². The van der Waals surface area contributed by atoms with Gasteiger partial charge in [-0.3, -0.25) is 9.59 Å². The van der Waals surface area contributed by atoms with Crippen LogP contribution < -0.4 is 5.32 Å². The molecule has 0 saturated heterocycles. The molecule has 1 amide bonds. The van der Waals surface area contributed by atoms with Crippen molar-refractivity contribution in [1.82, 2.24) is 5.32 Å². The normalized spacial score (nSPS) is 12.6. The average molecular weight is 919 g/mol. The summed E-state index contributed by atoms with van der Waals surface area (Å²) in [4.78, 5) is 24.5. The zero-order valence-electron chi connectivity index (χ0n) is 44.0. The molecule has 0 aromatic rings. The van der Waals surface area contributed by atoms with E-state index in [1.165, 1.54) is 244 Å². The Morgan fingerprint density at radius 2 is 0.738 bits per heavy atom. The smallest absolute Gasteiger partial charge is 0.305 e. The second kappa shape index (κ2) is 55.2. The Morgan fingerprint density at radius 1 is 0.415 bits per heavy atom. The summed E-state index contributed by atoms with van der Waals surface area (Å²) >= 11 is 0. The highest BCUT2D eigenvalue weighted by molar-refractivity contribution is 5.76. The van der Waals surface area contributed by atoms with Gasteiger partial charge in [0.15, 0.2) is 0 Å². The van der Waals surface area contributed by atoms with Gasteiger partial charge in [-0.05, 0) is 44.9 Å². The van der Waals surface area contributed by atoms with Crippen LogP contribution in [0.1, 0.15) is 328 Å². The number of rotatable bonds is 55. The Kier molecular flexibility index (Phi) is 54.0. The first-order valence-electron chi connectivity index (χ1n) is 29.4. The van der Waals surface area contributed by atoms with E-state index in [2.05, 4.69) is 31.3 Å². The van der Waals surface area contributed by atoms with Crippen LogP contribution in [0, 0.1) is 0 Å². The summed E-state index contributed by atoms with van der Waals surface area (Å²) in [7, 11) is 0. The molecule has 2 atom stereocenters. The molecule has 0 aliphatic heterocycles. The van der Waals surface area contributed by atoms with Crippen LogP contribution in [0.4, 0.5) is 0 Å². The lowest BCUT2D eigenvalue weighted by Gasteiger charge is -2.22. The molecule has 0 spiro atoms. The molecule has 2 unspecified atom stereocenters. The number of ether oxygens (including phenoxy) is 1. The summed E-state index contributed by atoms with van der Waals surface area (Å²) < 4.78 is 5.45. The van der Waals surface area contributed by atoms with Gasteiger partial charge in [0.05, 0.1) is 25.4 Å². The van der Waals surface area contributed by atoms with Crippen LogP contribution >= 0.6 is 0 Å². The van der Waals surface area contributed by atoms with Crippen LogP contribution in [-0.2, 0) is 14.3 Å². The fourth-order valence-corrected chi connectivity index (χ4v) is 9.27. The Labute approximate surface area is 406 Å². The number of aliphatic hydroxyl groups excluding tert-OH is 2. The van der Waals surface area contributed by atoms with Gasteiger partial charge >= 0.3 is 5.97 Å². The highest BCUT2D eigenvalue weighted by atomic mass is 16.5. The predicted molar refractivity (Wildman–Crippen MR) is 283 cm³/mol. The lowest BCUT2D eigenvalue weighted by molar-refractivity contribution is -0.143. The minimum absolute atomic E-state index is 0.00949. The summed E-state index contributed by atoms with van der Waals surface area (Å²) in [6, 6.07) is -0.548. The number of nitrogens with one attached hydrogen (secondary N) is 1. The summed E-state index contributed by atoms with van der Waals surface area (Å²) in [5.74, 6) is -0.0497. The molecular formula is C59H115NO5. The number of aliphatic hydroxyl groups is 2. The van der Waals surface area contributed by atoms with Crippen molar-refractivity contribution in [3.8, 4) is 0 Å². The molecular weight excluding hydrogens is 803 g/mol. The largest absolute Gasteiger partial charge is 0.466 e. The number of unbranched alkanes of at least 4 members (excludes halogenated alkanes) is 42. The Hall–Kier alpha value is -1.40. The molecule has 6 nitrogen and oxygen atoms in total. The minimum Gasteiger partial charge on any atom is -0.466 e. The molecule has 0 saturated carbocycles. The standard InChI is InChI=1S/C59H115NO5/c1-3-5-7-9-11-13-15-16-17-18-19-20-21-22-23-25-28-32-35-39-43-47-51-57(62)56(55-61)60-58(63)52-48-44-40-36-33-29-26-24-27-30-34-38-42-46-50-54-65-59(64)53-49-45-41-37-31-14-12-10-8-6-4-2/h10,12,56-57,61-62H,3-9,11,13-55H2,1-2H3,(H,60,63)/b12-10-. The van der Waals surface area contributed by atoms with Crippen molar-refractivity contribution >= 4 is 11.9 Å². The van der Waals surface area contributed by atoms with Crippen LogP contribution in [0.15, 0.2) is 12.2 Å². The van der Waals surface area contributed by atoms with Crippen molar-refractivity contribution in [3.05, 3.63) is 12.2 Å². The number of amides is 1. The van der Waals surface area contributed by atoms with E-state index in [1.807, 2.05) is 0 Å². The van der Waals surface area contributed by atoms with Crippen LogP contribution in [0.25, 0.3) is 0 Å². The van der Waals surface area contributed by atoms with E-state index in [0.29, 0.717) is 25.9 Å². The van der Waals surface area contributed by atoms with Crippen LogP contribution in [0.5, 0.6) is 0 Å². The van der Waals surface area contributed by atoms with Crippen LogP contribution in [-0.4, -0.2) is 47.4 Å². The summed E-state index contributed by atoms with van der Waals surface area (Å²) in [5, 5.41) is 23.4. The summed E-state index contributed by atoms with van der Waals surface area (Å²) in [5.41, 5.74) is 0. The molecule has 6 heteroatoms. The second-order valence-electron chi connectivity index (χ2n) is 20.3. The Bertz CT molecular complexity index is 970. The first-order valence-corrected chi connectivity index (χ1v) is 29.4. The summed E-state index contributed by atoms with van der Waals surface area (Å²) in [6.07, 6.45) is 64.9. The molecule has 0 radical (unpaired) electrons. The van der Waals surface area contributed by atoms with Crippen molar-refractivity contribution in [2.75, 3.05) is 13.2 Å². The first-order chi connectivity index (χ1) is 32.0. The van der Waals surface area contributed by atoms with Gasteiger partial charge in [-0.2, -0.15) is 0 Å². The first kappa shape index (κ1) is 63.6. The molecule has 0 fully saturated rings. The predicted octanol–water partition coefficient (Wildman–Crippen LogP) is 18.1. The number of carbonyl (C=O) groups excluding carboxylic acids is 2. The van der Waals surface area contributed by atoms with Crippen molar-refractivity contribution < 1.29 is 24.5 Å². The van der Waals surface area contributed by atoms with Gasteiger partial charge in [0, 0.05) is 12.8 Å². The third-order valence-electron chi connectivity index (χ3n) is 13.8. The molecule has 0 aliphatic carbocycles. The van der Waals surface area contributed by atoms with Gasteiger partial charge < -0.3 is 20.3 Å². The lowest BCUT2D eigenvalue weighted by atomic mass is 10.0. The number of allylic oxidation sites excluding steroid dienone is 2. The van der Waals surface area contributed by atoms with E-state index in [4.69, 9.17) is 4.74 Å². The zero-order valence-corrected chi connectivity index (χ0v) is 44.0. The molecule has 0 aromatic carbocycles. The van der Waals surface area contributed by atoms with Crippen molar-refractivity contribution in [3.63, 3.8) is 0 Å². The topological polar surface area (TPSA) is 95.9 Å². The van der Waals surface area contributed by atoms with Gasteiger partial charge in [-0.15, -0.1) is 0 Å². The molecule has 0 bridgehead atoms. The third-order valence-corrected chi connectivity index (χ3v) is 13.8. The fraction of sp³-hybridized carbons (Fsp3) is 0.932. The third kappa shape index (κ3) is 51.8. The Morgan fingerprint density at radius 3 is 1.14 bits per heavy atom. The minimum atomic E-state index is -0.670.